The third-order valence-electron chi connectivity index (χ3n) is 4.76. The standard InChI is InChI=1S/C22H28N2O2S/c1-2-26-17-18-12-14-24(15-13-18)16-22(25)23-20-10-6-7-11-21(20)27-19-8-4-3-5-9-19/h3-11,18H,2,12-17H2,1H3,(H,23,25). The van der Waals surface area contributed by atoms with E-state index in [1.165, 1.54) is 0 Å². The summed E-state index contributed by atoms with van der Waals surface area (Å²) in [6.07, 6.45) is 2.21. The zero-order chi connectivity index (χ0) is 18.9. The average Bonchev–Trinajstić information content (AvgIpc) is 2.70. The Morgan fingerprint density at radius 1 is 1.11 bits per heavy atom. The zero-order valence-electron chi connectivity index (χ0n) is 15.9. The zero-order valence-corrected chi connectivity index (χ0v) is 16.7. The Kier molecular flexibility index (Phi) is 7.75. The van der Waals surface area contributed by atoms with Gasteiger partial charge in [-0.3, -0.25) is 9.69 Å². The van der Waals surface area contributed by atoms with Gasteiger partial charge in [0.25, 0.3) is 0 Å². The van der Waals surface area contributed by atoms with Crippen molar-refractivity contribution in [3.05, 3.63) is 54.6 Å². The van der Waals surface area contributed by atoms with Crippen molar-refractivity contribution in [3.8, 4) is 0 Å². The Bertz CT molecular complexity index is 715. The summed E-state index contributed by atoms with van der Waals surface area (Å²) in [6.45, 7) is 6.04. The van der Waals surface area contributed by atoms with Crippen molar-refractivity contribution >= 4 is 23.4 Å². The molecule has 1 aliphatic heterocycles. The van der Waals surface area contributed by atoms with Crippen molar-refractivity contribution in [1.82, 2.24) is 4.90 Å². The van der Waals surface area contributed by atoms with Crippen LogP contribution in [0.2, 0.25) is 0 Å². The van der Waals surface area contributed by atoms with Crippen molar-refractivity contribution < 1.29 is 9.53 Å². The summed E-state index contributed by atoms with van der Waals surface area (Å²) in [5.41, 5.74) is 0.877. The van der Waals surface area contributed by atoms with Crippen LogP contribution < -0.4 is 5.32 Å². The first-order chi connectivity index (χ1) is 13.2. The number of carbonyl (C=O) groups is 1. The Morgan fingerprint density at radius 3 is 2.56 bits per heavy atom. The normalized spacial score (nSPS) is 15.6. The van der Waals surface area contributed by atoms with E-state index in [1.807, 2.05) is 49.4 Å². The molecule has 1 amide bonds. The van der Waals surface area contributed by atoms with E-state index in [2.05, 4.69) is 22.3 Å². The Morgan fingerprint density at radius 2 is 1.81 bits per heavy atom. The van der Waals surface area contributed by atoms with Crippen LogP contribution in [0.3, 0.4) is 0 Å². The number of hydrogen-bond donors (Lipinski definition) is 1. The molecule has 1 N–H and O–H groups in total. The lowest BCUT2D eigenvalue weighted by atomic mass is 9.98. The van der Waals surface area contributed by atoms with Gasteiger partial charge >= 0.3 is 0 Å². The maximum atomic E-state index is 12.6. The third kappa shape index (κ3) is 6.38. The van der Waals surface area contributed by atoms with E-state index >= 15 is 0 Å². The number of amides is 1. The molecule has 0 spiro atoms. The van der Waals surface area contributed by atoms with E-state index in [0.717, 1.165) is 54.6 Å². The van der Waals surface area contributed by atoms with Crippen molar-refractivity contribution in [2.24, 2.45) is 5.92 Å². The molecule has 1 saturated heterocycles. The van der Waals surface area contributed by atoms with E-state index in [9.17, 15) is 4.79 Å². The summed E-state index contributed by atoms with van der Waals surface area (Å²) >= 11 is 1.67. The lowest BCUT2D eigenvalue weighted by Crippen LogP contribution is -2.40. The van der Waals surface area contributed by atoms with Crippen LogP contribution in [-0.2, 0) is 9.53 Å². The van der Waals surface area contributed by atoms with Crippen molar-refractivity contribution in [2.45, 2.75) is 29.6 Å². The van der Waals surface area contributed by atoms with Crippen molar-refractivity contribution in [3.63, 3.8) is 0 Å². The van der Waals surface area contributed by atoms with Gasteiger partial charge in [-0.05, 0) is 63.0 Å². The Labute approximate surface area is 166 Å². The molecule has 0 aromatic heterocycles. The molecule has 144 valence electrons. The minimum absolute atomic E-state index is 0.0550. The van der Waals surface area contributed by atoms with Gasteiger partial charge in [0.15, 0.2) is 0 Å². The molecule has 3 rings (SSSR count). The number of rotatable bonds is 8. The minimum Gasteiger partial charge on any atom is -0.381 e. The van der Waals surface area contributed by atoms with Crippen LogP contribution >= 0.6 is 11.8 Å². The number of carbonyl (C=O) groups excluding carboxylic acids is 1. The molecule has 27 heavy (non-hydrogen) atoms. The molecule has 0 saturated carbocycles. The highest BCUT2D eigenvalue weighted by atomic mass is 32.2. The number of anilines is 1. The van der Waals surface area contributed by atoms with Crippen LogP contribution in [0.1, 0.15) is 19.8 Å². The predicted octanol–water partition coefficient (Wildman–Crippen LogP) is 4.52. The molecule has 1 fully saturated rings. The maximum absolute atomic E-state index is 12.6. The Hall–Kier alpha value is -1.82. The van der Waals surface area contributed by atoms with Crippen LogP contribution in [0.4, 0.5) is 5.69 Å². The molecule has 4 nitrogen and oxygen atoms in total. The number of ether oxygens (including phenoxy) is 1. The van der Waals surface area contributed by atoms with Crippen LogP contribution in [0.25, 0.3) is 0 Å². The van der Waals surface area contributed by atoms with Gasteiger partial charge in [-0.2, -0.15) is 0 Å². The summed E-state index contributed by atoms with van der Waals surface area (Å²) in [7, 11) is 0. The molecule has 1 aliphatic rings. The molecule has 0 unspecified atom stereocenters. The first kappa shape index (κ1) is 19.9. The number of likely N-dealkylation sites (tertiary alicyclic amines) is 1. The number of benzene rings is 2. The molecule has 0 radical (unpaired) electrons. The van der Waals surface area contributed by atoms with Crippen LogP contribution in [0.15, 0.2) is 64.4 Å². The van der Waals surface area contributed by atoms with Gasteiger partial charge in [0, 0.05) is 23.0 Å². The minimum atomic E-state index is 0.0550. The fourth-order valence-corrected chi connectivity index (χ4v) is 4.19. The molecule has 2 aromatic rings. The van der Waals surface area contributed by atoms with Gasteiger partial charge in [-0.15, -0.1) is 0 Å². The quantitative estimate of drug-likeness (QED) is 0.726. The lowest BCUT2D eigenvalue weighted by Gasteiger charge is -2.31. The average molecular weight is 385 g/mol. The van der Waals surface area contributed by atoms with Crippen LogP contribution in [-0.4, -0.2) is 43.7 Å². The molecular formula is C22H28N2O2S. The second-order valence-corrected chi connectivity index (χ2v) is 7.95. The van der Waals surface area contributed by atoms with Gasteiger partial charge in [0.2, 0.25) is 5.91 Å². The van der Waals surface area contributed by atoms with E-state index < -0.39 is 0 Å². The van der Waals surface area contributed by atoms with E-state index in [1.54, 1.807) is 11.8 Å². The van der Waals surface area contributed by atoms with E-state index in [0.29, 0.717) is 12.5 Å². The van der Waals surface area contributed by atoms with Gasteiger partial charge in [0.1, 0.15) is 0 Å². The molecule has 1 heterocycles. The molecule has 0 bridgehead atoms. The second-order valence-electron chi connectivity index (χ2n) is 6.84. The van der Waals surface area contributed by atoms with Gasteiger partial charge in [-0.1, -0.05) is 42.1 Å². The second kappa shape index (κ2) is 10.5. The molecular weight excluding hydrogens is 356 g/mol. The number of piperidine rings is 1. The van der Waals surface area contributed by atoms with Crippen LogP contribution in [0.5, 0.6) is 0 Å². The smallest absolute Gasteiger partial charge is 0.238 e. The predicted molar refractivity (Wildman–Crippen MR) is 111 cm³/mol. The number of nitrogens with zero attached hydrogens (tertiary/aromatic N) is 1. The van der Waals surface area contributed by atoms with E-state index in [-0.39, 0.29) is 5.91 Å². The highest BCUT2D eigenvalue weighted by Crippen LogP contribution is 2.33. The summed E-state index contributed by atoms with van der Waals surface area (Å²) < 4.78 is 5.53. The monoisotopic (exact) mass is 384 g/mol. The lowest BCUT2D eigenvalue weighted by molar-refractivity contribution is -0.117. The number of nitrogens with one attached hydrogen (secondary N) is 1. The maximum Gasteiger partial charge on any atom is 0.238 e. The van der Waals surface area contributed by atoms with Gasteiger partial charge < -0.3 is 10.1 Å². The summed E-state index contributed by atoms with van der Waals surface area (Å²) in [5, 5.41) is 3.10. The van der Waals surface area contributed by atoms with Crippen molar-refractivity contribution in [2.75, 3.05) is 38.2 Å². The molecule has 2 aromatic carbocycles. The summed E-state index contributed by atoms with van der Waals surface area (Å²) in [4.78, 5) is 17.0. The first-order valence-corrected chi connectivity index (χ1v) is 10.5. The number of para-hydroxylation sites is 1. The largest absolute Gasteiger partial charge is 0.381 e. The summed E-state index contributed by atoms with van der Waals surface area (Å²) in [5.74, 6) is 0.687. The van der Waals surface area contributed by atoms with Crippen molar-refractivity contribution in [1.29, 1.82) is 0 Å². The highest BCUT2D eigenvalue weighted by molar-refractivity contribution is 7.99. The molecule has 0 aliphatic carbocycles. The fraction of sp³-hybridized carbons (Fsp3) is 0.409. The van der Waals surface area contributed by atoms with Gasteiger partial charge in [-0.25, -0.2) is 0 Å². The first-order valence-electron chi connectivity index (χ1n) is 9.66. The van der Waals surface area contributed by atoms with Crippen LogP contribution in [0, 0.1) is 5.92 Å². The SMILES string of the molecule is CCOCC1CCN(CC(=O)Nc2ccccc2Sc2ccccc2)CC1. The van der Waals surface area contributed by atoms with Gasteiger partial charge in [0.05, 0.1) is 12.2 Å². The number of hydrogen-bond acceptors (Lipinski definition) is 4. The Balaban J connectivity index is 1.51. The van der Waals surface area contributed by atoms with E-state index in [4.69, 9.17) is 4.74 Å². The third-order valence-corrected chi connectivity index (χ3v) is 5.85. The topological polar surface area (TPSA) is 41.6 Å². The fourth-order valence-electron chi connectivity index (χ4n) is 3.26. The molecule has 0 atom stereocenters. The summed E-state index contributed by atoms with van der Waals surface area (Å²) in [6, 6.07) is 18.2. The highest BCUT2D eigenvalue weighted by Gasteiger charge is 2.21. The molecule has 5 heteroatoms.